The molecule has 3 heteroatoms. The lowest BCUT2D eigenvalue weighted by Crippen LogP contribution is -2.14. The first-order valence-electron chi connectivity index (χ1n) is 16.3. The minimum Gasteiger partial charge on any atom is -0.309 e. The number of aryl methyl sites for hydroxylation is 1. The Balaban J connectivity index is 1.27. The zero-order valence-electron chi connectivity index (χ0n) is 26.7. The summed E-state index contributed by atoms with van der Waals surface area (Å²) in [6, 6.07) is 52.1. The smallest absolute Gasteiger partial charge is 0.160 e. The van der Waals surface area contributed by atoms with Gasteiger partial charge in [-0.2, -0.15) is 0 Å². The molecular formula is C44H33N3. The summed E-state index contributed by atoms with van der Waals surface area (Å²) in [7, 11) is 0. The molecule has 0 fully saturated rings. The zero-order chi connectivity index (χ0) is 31.7. The molecule has 2 heterocycles. The molecule has 0 N–H and O–H groups in total. The Labute approximate surface area is 274 Å². The lowest BCUT2D eigenvalue weighted by molar-refractivity contribution is 0.661. The fourth-order valence-electron chi connectivity index (χ4n) is 7.60. The van der Waals surface area contributed by atoms with Crippen molar-refractivity contribution in [2.24, 2.45) is 0 Å². The predicted octanol–water partition coefficient (Wildman–Crippen LogP) is 11.2. The van der Waals surface area contributed by atoms with Crippen LogP contribution < -0.4 is 0 Å². The first-order valence-corrected chi connectivity index (χ1v) is 16.3. The van der Waals surface area contributed by atoms with E-state index in [9.17, 15) is 0 Å². The van der Waals surface area contributed by atoms with Crippen molar-refractivity contribution >= 4 is 21.8 Å². The van der Waals surface area contributed by atoms with Crippen molar-refractivity contribution in [1.29, 1.82) is 0 Å². The second-order valence-corrected chi connectivity index (χ2v) is 13.2. The van der Waals surface area contributed by atoms with Gasteiger partial charge in [-0.15, -0.1) is 0 Å². The van der Waals surface area contributed by atoms with Crippen LogP contribution in [0.5, 0.6) is 0 Å². The normalized spacial score (nSPS) is 13.2. The van der Waals surface area contributed by atoms with Crippen molar-refractivity contribution in [3.8, 4) is 50.7 Å². The molecule has 0 atom stereocenters. The van der Waals surface area contributed by atoms with Crippen LogP contribution >= 0.6 is 0 Å². The minimum atomic E-state index is -0.0562. The predicted molar refractivity (Wildman–Crippen MR) is 195 cm³/mol. The van der Waals surface area contributed by atoms with Crippen molar-refractivity contribution in [2.75, 3.05) is 0 Å². The number of benzene rings is 6. The zero-order valence-corrected chi connectivity index (χ0v) is 26.7. The molecule has 2 aromatic heterocycles. The summed E-state index contributed by atoms with van der Waals surface area (Å²) in [5.41, 5.74) is 15.1. The van der Waals surface area contributed by atoms with Gasteiger partial charge < -0.3 is 4.57 Å². The molecule has 0 unspecified atom stereocenters. The van der Waals surface area contributed by atoms with Gasteiger partial charge >= 0.3 is 0 Å². The summed E-state index contributed by atoms with van der Waals surface area (Å²) in [6.07, 6.45) is 0. The highest BCUT2D eigenvalue weighted by Gasteiger charge is 2.37. The number of rotatable bonds is 4. The van der Waals surface area contributed by atoms with Gasteiger partial charge in [0.25, 0.3) is 0 Å². The van der Waals surface area contributed by atoms with E-state index in [1.165, 1.54) is 49.6 Å². The number of fused-ring (bicyclic) bond motifs is 7. The van der Waals surface area contributed by atoms with E-state index in [1.807, 2.05) is 6.07 Å². The third kappa shape index (κ3) is 4.27. The molecule has 8 aromatic rings. The Morgan fingerprint density at radius 2 is 1.23 bits per heavy atom. The lowest BCUT2D eigenvalue weighted by atomic mass is 9.82. The van der Waals surface area contributed by atoms with Gasteiger partial charge in [0, 0.05) is 38.6 Å². The minimum absolute atomic E-state index is 0.0562. The van der Waals surface area contributed by atoms with Gasteiger partial charge in [0.1, 0.15) is 0 Å². The third-order valence-electron chi connectivity index (χ3n) is 9.85. The highest BCUT2D eigenvalue weighted by atomic mass is 15.0. The summed E-state index contributed by atoms with van der Waals surface area (Å²) in [5, 5.41) is 2.58. The first-order chi connectivity index (χ1) is 23.0. The van der Waals surface area contributed by atoms with E-state index in [1.54, 1.807) is 0 Å². The van der Waals surface area contributed by atoms with Crippen LogP contribution in [0, 0.1) is 6.92 Å². The molecule has 224 valence electrons. The average molecular weight is 604 g/mol. The number of hydrogen-bond acceptors (Lipinski definition) is 2. The number of nitrogens with zero attached hydrogens (tertiary/aromatic N) is 3. The van der Waals surface area contributed by atoms with Crippen molar-refractivity contribution in [2.45, 2.75) is 26.2 Å². The maximum absolute atomic E-state index is 5.16. The van der Waals surface area contributed by atoms with Gasteiger partial charge in [-0.1, -0.05) is 129 Å². The van der Waals surface area contributed by atoms with Crippen LogP contribution in [0.1, 0.15) is 30.5 Å². The Hall–Kier alpha value is -5.80. The van der Waals surface area contributed by atoms with Crippen LogP contribution in [0.15, 0.2) is 146 Å². The van der Waals surface area contributed by atoms with Gasteiger partial charge in [-0.3, -0.25) is 0 Å². The largest absolute Gasteiger partial charge is 0.309 e. The summed E-state index contributed by atoms with van der Waals surface area (Å²) < 4.78 is 2.41. The number of aromatic nitrogens is 3. The quantitative estimate of drug-likeness (QED) is 0.200. The monoisotopic (exact) mass is 603 g/mol. The van der Waals surface area contributed by atoms with E-state index >= 15 is 0 Å². The molecule has 9 rings (SSSR count). The molecule has 6 aromatic carbocycles. The summed E-state index contributed by atoms with van der Waals surface area (Å²) in [5.74, 6) is 0.710. The lowest BCUT2D eigenvalue weighted by Gasteiger charge is -2.21. The summed E-state index contributed by atoms with van der Waals surface area (Å²) in [6.45, 7) is 6.81. The van der Waals surface area contributed by atoms with Crippen molar-refractivity contribution in [3.63, 3.8) is 0 Å². The van der Waals surface area contributed by atoms with E-state index in [4.69, 9.17) is 9.97 Å². The average Bonchev–Trinajstić information content (AvgIpc) is 3.57. The van der Waals surface area contributed by atoms with Gasteiger partial charge in [-0.25, -0.2) is 9.97 Å². The Morgan fingerprint density at radius 1 is 0.532 bits per heavy atom. The van der Waals surface area contributed by atoms with Crippen LogP contribution in [-0.2, 0) is 5.41 Å². The highest BCUT2D eigenvalue weighted by Crippen LogP contribution is 2.53. The molecule has 1 aliphatic carbocycles. The maximum Gasteiger partial charge on any atom is 0.160 e. The second-order valence-electron chi connectivity index (χ2n) is 13.2. The molecule has 1 aliphatic rings. The fraction of sp³-hybridized carbons (Fsp3) is 0.0909. The first kappa shape index (κ1) is 27.5. The molecule has 0 radical (unpaired) electrons. The standard InChI is InChI=1S/C44H33N3/c1-28-13-11-16-30(25-28)38-27-37(29-14-5-4-6-15-29)45-43(46-38)31-17-12-18-32(26-31)47-39-22-10-8-20-34(39)42-40(47)24-23-36-41(42)33-19-7-9-21-35(33)44(36,2)3/h4-27H,1-3H3. The van der Waals surface area contributed by atoms with Crippen LogP contribution in [0.25, 0.3) is 72.5 Å². The molecular weight excluding hydrogens is 571 g/mol. The van der Waals surface area contributed by atoms with Crippen molar-refractivity contribution in [1.82, 2.24) is 14.5 Å². The molecule has 0 saturated heterocycles. The molecule has 3 nitrogen and oxygen atoms in total. The van der Waals surface area contributed by atoms with Gasteiger partial charge in [-0.05, 0) is 65.6 Å². The van der Waals surface area contributed by atoms with E-state index in [2.05, 4.69) is 165 Å². The second kappa shape index (κ2) is 10.4. The van der Waals surface area contributed by atoms with E-state index in [-0.39, 0.29) is 5.41 Å². The fourth-order valence-corrected chi connectivity index (χ4v) is 7.60. The van der Waals surface area contributed by atoms with Gasteiger partial charge in [0.05, 0.1) is 22.4 Å². The SMILES string of the molecule is Cc1cccc(-c2cc(-c3ccccc3)nc(-c3cccc(-n4c5ccccc5c5c6c(ccc54)C(C)(C)c4ccccc4-6)c3)n2)c1. The molecule has 47 heavy (non-hydrogen) atoms. The number of para-hydroxylation sites is 1. The highest BCUT2D eigenvalue weighted by molar-refractivity contribution is 6.17. The summed E-state index contributed by atoms with van der Waals surface area (Å²) in [4.78, 5) is 10.3. The third-order valence-corrected chi connectivity index (χ3v) is 9.85. The van der Waals surface area contributed by atoms with Crippen LogP contribution in [-0.4, -0.2) is 14.5 Å². The van der Waals surface area contributed by atoms with Crippen molar-refractivity contribution in [3.05, 3.63) is 162 Å². The summed E-state index contributed by atoms with van der Waals surface area (Å²) >= 11 is 0. The molecule has 0 spiro atoms. The van der Waals surface area contributed by atoms with Gasteiger partial charge in [0.15, 0.2) is 5.82 Å². The Morgan fingerprint density at radius 3 is 2.09 bits per heavy atom. The van der Waals surface area contributed by atoms with Crippen molar-refractivity contribution < 1.29 is 0 Å². The Kier molecular flexibility index (Phi) is 6.07. The van der Waals surface area contributed by atoms with E-state index in [0.717, 1.165) is 33.8 Å². The Bertz CT molecular complexity index is 2500. The number of hydrogen-bond donors (Lipinski definition) is 0. The van der Waals surface area contributed by atoms with Crippen LogP contribution in [0.3, 0.4) is 0 Å². The maximum atomic E-state index is 5.16. The van der Waals surface area contributed by atoms with Crippen LogP contribution in [0.4, 0.5) is 0 Å². The van der Waals surface area contributed by atoms with Crippen LogP contribution in [0.2, 0.25) is 0 Å². The molecule has 0 bridgehead atoms. The molecule has 0 aliphatic heterocycles. The molecule has 0 amide bonds. The topological polar surface area (TPSA) is 30.7 Å². The van der Waals surface area contributed by atoms with E-state index < -0.39 is 0 Å². The van der Waals surface area contributed by atoms with E-state index in [0.29, 0.717) is 5.82 Å². The van der Waals surface area contributed by atoms with Gasteiger partial charge in [0.2, 0.25) is 0 Å². The molecule has 0 saturated carbocycles.